The maximum atomic E-state index is 13.2. The van der Waals surface area contributed by atoms with Crippen molar-refractivity contribution in [1.82, 2.24) is 4.90 Å². The zero-order valence-electron chi connectivity index (χ0n) is 32.3. The lowest BCUT2D eigenvalue weighted by Gasteiger charge is -2.30. The Kier molecular flexibility index (Phi) is 15.9. The van der Waals surface area contributed by atoms with E-state index in [1.165, 1.54) is 68.4 Å². The van der Waals surface area contributed by atoms with Gasteiger partial charge in [0.15, 0.2) is 11.5 Å². The lowest BCUT2D eigenvalue weighted by Crippen LogP contribution is -2.43. The highest BCUT2D eigenvalue weighted by atomic mass is 16.3. The maximum Gasteiger partial charge on any atom is 0.257 e. The number of hydrogen-bond acceptors (Lipinski definition) is 9. The highest BCUT2D eigenvalue weighted by Crippen LogP contribution is 2.35. The van der Waals surface area contributed by atoms with Crippen LogP contribution >= 0.6 is 0 Å². The van der Waals surface area contributed by atoms with Crippen molar-refractivity contribution in [2.45, 2.75) is 131 Å². The number of nitrogens with zero attached hydrogens (tertiary/aromatic N) is 1. The highest BCUT2D eigenvalue weighted by Gasteiger charge is 2.32. The van der Waals surface area contributed by atoms with Crippen LogP contribution in [0.1, 0.15) is 129 Å². The van der Waals surface area contributed by atoms with Gasteiger partial charge in [-0.15, -0.1) is 0 Å². The van der Waals surface area contributed by atoms with E-state index in [1.54, 1.807) is 20.2 Å². The van der Waals surface area contributed by atoms with E-state index in [-0.39, 0.29) is 63.7 Å². The molecule has 0 bridgehead atoms. The van der Waals surface area contributed by atoms with Crippen LogP contribution in [0.3, 0.4) is 0 Å². The van der Waals surface area contributed by atoms with E-state index in [0.29, 0.717) is 24.7 Å². The first kappa shape index (κ1) is 41.9. The Morgan fingerprint density at radius 1 is 0.765 bits per heavy atom. The topological polar surface area (TPSA) is 159 Å². The first-order valence-corrected chi connectivity index (χ1v) is 19.3. The van der Waals surface area contributed by atoms with E-state index >= 15 is 0 Å². The van der Waals surface area contributed by atoms with Crippen LogP contribution in [0.4, 0.5) is 17.1 Å². The standard InChI is InChI=1S/C27H37N3O5.C14H27NO/c1-15(2)21(20(31)14-16(3)17-10-7-6-8-11-17)29-23-22(25(33)26(23)34)28-19-13-9-12-18(24(19)32)27(35)30(4)5;1-10(2)14(15)13(16)9-11(3)12-7-5-4-6-8-12/h9,12-13,15-17,21,28-29,32H,6-8,10-11,14H2,1-5H3;10-12,14H,4-9,15H2,1-3H3/t16-,21-;11-,14-/m11/s1. The van der Waals surface area contributed by atoms with Crippen molar-refractivity contribution in [2.75, 3.05) is 24.7 Å². The van der Waals surface area contributed by atoms with Crippen molar-refractivity contribution in [3.05, 3.63) is 44.2 Å². The number of rotatable bonds is 15. The maximum absolute atomic E-state index is 13.2. The number of carbonyl (C=O) groups is 3. The molecular weight excluding hydrogens is 644 g/mol. The highest BCUT2D eigenvalue weighted by molar-refractivity contribution is 5.99. The fourth-order valence-electron chi connectivity index (χ4n) is 7.62. The predicted molar refractivity (Wildman–Crippen MR) is 207 cm³/mol. The van der Waals surface area contributed by atoms with Gasteiger partial charge in [-0.05, 0) is 47.6 Å². The minimum Gasteiger partial charge on any atom is -0.505 e. The van der Waals surface area contributed by atoms with Gasteiger partial charge < -0.3 is 26.4 Å². The Morgan fingerprint density at radius 3 is 1.73 bits per heavy atom. The zero-order valence-corrected chi connectivity index (χ0v) is 32.3. The third kappa shape index (κ3) is 11.2. The second-order valence-corrected chi connectivity index (χ2v) is 16.2. The number of ketones is 2. The van der Waals surface area contributed by atoms with Crippen LogP contribution in [0.5, 0.6) is 5.75 Å². The summed E-state index contributed by atoms with van der Waals surface area (Å²) >= 11 is 0. The second kappa shape index (κ2) is 19.3. The summed E-state index contributed by atoms with van der Waals surface area (Å²) in [6, 6.07) is 3.70. The predicted octanol–water partition coefficient (Wildman–Crippen LogP) is 7.19. The summed E-state index contributed by atoms with van der Waals surface area (Å²) in [5, 5.41) is 16.4. The molecule has 5 N–H and O–H groups in total. The zero-order chi connectivity index (χ0) is 38.0. The fourth-order valence-corrected chi connectivity index (χ4v) is 7.62. The van der Waals surface area contributed by atoms with E-state index in [0.717, 1.165) is 18.8 Å². The lowest BCUT2D eigenvalue weighted by atomic mass is 9.78. The summed E-state index contributed by atoms with van der Waals surface area (Å²) in [6.45, 7) is 12.2. The molecule has 2 aliphatic carbocycles. The number of amides is 1. The van der Waals surface area contributed by atoms with Gasteiger partial charge in [-0.3, -0.25) is 24.0 Å². The largest absolute Gasteiger partial charge is 0.505 e. The molecule has 2 aromatic carbocycles. The van der Waals surface area contributed by atoms with Crippen LogP contribution in [0.25, 0.3) is 0 Å². The number of anilines is 3. The number of Topliss-reactive ketones (excluding diaryl/α,β-unsaturated/α-hetero) is 2. The van der Waals surface area contributed by atoms with E-state index < -0.39 is 22.8 Å². The summed E-state index contributed by atoms with van der Waals surface area (Å²) in [7, 11) is 3.14. The number of benzene rings is 1. The molecule has 0 aliphatic heterocycles. The van der Waals surface area contributed by atoms with Crippen LogP contribution in [0, 0.1) is 35.5 Å². The monoisotopic (exact) mass is 708 g/mol. The molecule has 10 heteroatoms. The van der Waals surface area contributed by atoms with Crippen LogP contribution < -0.4 is 27.2 Å². The third-order valence-corrected chi connectivity index (χ3v) is 11.2. The molecule has 4 rings (SSSR count). The van der Waals surface area contributed by atoms with Crippen LogP contribution in [0.15, 0.2) is 27.8 Å². The van der Waals surface area contributed by atoms with E-state index in [4.69, 9.17) is 5.73 Å². The fraction of sp³-hybridized carbons (Fsp3) is 0.683. The van der Waals surface area contributed by atoms with Crippen LogP contribution in [-0.4, -0.2) is 53.7 Å². The number of phenols is 1. The molecule has 0 heterocycles. The molecule has 0 unspecified atom stereocenters. The molecule has 0 aromatic heterocycles. The first-order chi connectivity index (χ1) is 24.0. The van der Waals surface area contributed by atoms with E-state index in [1.807, 2.05) is 27.7 Å². The minimum atomic E-state index is -0.734. The second-order valence-electron chi connectivity index (χ2n) is 16.2. The lowest BCUT2D eigenvalue weighted by molar-refractivity contribution is -0.123. The van der Waals surface area contributed by atoms with E-state index in [2.05, 4.69) is 24.5 Å². The summed E-state index contributed by atoms with van der Waals surface area (Å²) in [5.74, 6) is 1.85. The summed E-state index contributed by atoms with van der Waals surface area (Å²) in [5.41, 5.74) is 4.67. The van der Waals surface area contributed by atoms with Gasteiger partial charge in [-0.1, -0.05) is 112 Å². The van der Waals surface area contributed by atoms with Crippen LogP contribution in [0.2, 0.25) is 0 Å². The molecule has 2 aromatic rings. The average molecular weight is 709 g/mol. The first-order valence-electron chi connectivity index (χ1n) is 19.3. The van der Waals surface area contributed by atoms with E-state index in [9.17, 15) is 29.1 Å². The van der Waals surface area contributed by atoms with Gasteiger partial charge in [0.1, 0.15) is 17.2 Å². The van der Waals surface area contributed by atoms with Crippen molar-refractivity contribution in [1.29, 1.82) is 0 Å². The molecule has 10 nitrogen and oxygen atoms in total. The SMILES string of the molecule is CC(C)[C@@H](N)C(=O)C[C@@H](C)C1CCCCC1.CC(C)[C@@H](Nc1c(Nc2cccc(C(=O)N(C)C)c2O)c(=O)c1=O)C(=O)C[C@@H](C)C1CCCCC1. The smallest absolute Gasteiger partial charge is 0.257 e. The molecule has 2 saturated carbocycles. The Bertz CT molecular complexity index is 1530. The molecule has 51 heavy (non-hydrogen) atoms. The van der Waals surface area contributed by atoms with Crippen molar-refractivity contribution in [3.63, 3.8) is 0 Å². The Labute approximate surface area is 305 Å². The molecule has 1 amide bonds. The van der Waals surface area contributed by atoms with Gasteiger partial charge in [-0.25, -0.2) is 0 Å². The third-order valence-electron chi connectivity index (χ3n) is 11.2. The normalized spacial score (nSPS) is 18.0. The molecular formula is C41H64N4O6. The summed E-state index contributed by atoms with van der Waals surface area (Å²) in [4.78, 5) is 63.6. The molecule has 0 radical (unpaired) electrons. The minimum absolute atomic E-state index is 0.0152. The van der Waals surface area contributed by atoms with Crippen molar-refractivity contribution in [3.8, 4) is 5.75 Å². The van der Waals surface area contributed by atoms with Gasteiger partial charge in [0, 0.05) is 26.9 Å². The van der Waals surface area contributed by atoms with Crippen molar-refractivity contribution in [2.24, 2.45) is 41.2 Å². The summed E-state index contributed by atoms with van der Waals surface area (Å²) in [6.07, 6.45) is 13.8. The number of hydrogen-bond donors (Lipinski definition) is 4. The number of nitrogens with two attached hydrogens (primary N) is 1. The molecule has 284 valence electrons. The molecule has 0 spiro atoms. The van der Waals surface area contributed by atoms with Gasteiger partial charge >= 0.3 is 0 Å². The molecule has 2 aliphatic rings. The van der Waals surface area contributed by atoms with Gasteiger partial charge in [0.25, 0.3) is 16.8 Å². The number of para-hydroxylation sites is 1. The number of phenolic OH excluding ortho intramolecular Hbond substituents is 1. The van der Waals surface area contributed by atoms with Crippen molar-refractivity contribution < 1.29 is 19.5 Å². The Balaban J connectivity index is 0.000000367. The Hall–Kier alpha value is -3.53. The molecule has 2 fully saturated rings. The summed E-state index contributed by atoms with van der Waals surface area (Å²) < 4.78 is 0. The number of aromatic hydroxyl groups is 1. The van der Waals surface area contributed by atoms with Gasteiger partial charge in [0.05, 0.1) is 23.3 Å². The quantitative estimate of drug-likeness (QED) is 0.111. The van der Waals surface area contributed by atoms with Gasteiger partial charge in [0.2, 0.25) is 0 Å². The van der Waals surface area contributed by atoms with Crippen molar-refractivity contribution >= 4 is 34.5 Å². The number of carbonyl (C=O) groups excluding carboxylic acids is 3. The van der Waals surface area contributed by atoms with Crippen LogP contribution in [-0.2, 0) is 9.59 Å². The average Bonchev–Trinajstić information content (AvgIpc) is 3.11. The van der Waals surface area contributed by atoms with Gasteiger partial charge in [-0.2, -0.15) is 0 Å². The molecule has 4 atom stereocenters. The number of nitrogens with one attached hydrogen (secondary N) is 2. The molecule has 0 saturated heterocycles. The Morgan fingerprint density at radius 2 is 1.25 bits per heavy atom.